The summed E-state index contributed by atoms with van der Waals surface area (Å²) in [5.41, 5.74) is 2.70. The topological polar surface area (TPSA) is 107 Å². The van der Waals surface area contributed by atoms with Crippen molar-refractivity contribution in [2.75, 3.05) is 39.8 Å². The zero-order chi connectivity index (χ0) is 30.7. The molecule has 0 atom stereocenters. The number of ether oxygens (including phenoxy) is 1. The quantitative estimate of drug-likeness (QED) is 0.117. The minimum Gasteiger partial charge on any atom is -0.494 e. The Morgan fingerprint density at radius 3 is 2.36 bits per heavy atom. The highest BCUT2D eigenvalue weighted by molar-refractivity contribution is 6.22. The molecule has 0 aliphatic carbocycles. The molecule has 0 radical (unpaired) electrons. The van der Waals surface area contributed by atoms with E-state index in [0.717, 1.165) is 35.8 Å². The van der Waals surface area contributed by atoms with E-state index in [0.29, 0.717) is 19.6 Å². The third-order valence-electron chi connectivity index (χ3n) is 7.51. The summed E-state index contributed by atoms with van der Waals surface area (Å²) in [7, 11) is 1.67. The summed E-state index contributed by atoms with van der Waals surface area (Å²) in [5.74, 6) is -0.630. The molecule has 0 saturated carbocycles. The number of nitrogens with zero attached hydrogens (tertiary/aromatic N) is 5. The maximum absolute atomic E-state index is 13.0. The van der Waals surface area contributed by atoms with Crippen LogP contribution >= 0.6 is 0 Å². The number of hydrazone groups is 1. The lowest BCUT2D eigenvalue weighted by Gasteiger charge is -2.26. The maximum atomic E-state index is 13.0. The van der Waals surface area contributed by atoms with Crippen LogP contribution in [0.25, 0.3) is 0 Å². The molecule has 1 saturated heterocycles. The summed E-state index contributed by atoms with van der Waals surface area (Å²) in [6.45, 7) is 3.68. The molecule has 2 aliphatic heterocycles. The summed E-state index contributed by atoms with van der Waals surface area (Å²) < 4.78 is 6.02. The van der Waals surface area contributed by atoms with Gasteiger partial charge >= 0.3 is 0 Å². The first-order chi connectivity index (χ1) is 21.5. The standard InChI is InChI=1S/C34H38N6O4/c1-38(36-23-26-12-4-2-5-13-26)34(37-31(41)25-40-32(42)29-16-6-7-17-30(29)33(40)43)35-18-11-21-44-28-15-10-14-27(22-28)24-39-19-8-3-9-20-39/h2,4-7,10,12-17,22-23H,3,8-9,11,18-21,24-25H2,1H3,(H,35,37,41)/b36-23+. The summed E-state index contributed by atoms with van der Waals surface area (Å²) in [6.07, 6.45) is 6.13. The van der Waals surface area contributed by atoms with Gasteiger partial charge in [-0.2, -0.15) is 10.1 Å². The number of aliphatic imine (C=N–C) groups is 1. The van der Waals surface area contributed by atoms with Gasteiger partial charge in [-0.3, -0.25) is 24.2 Å². The van der Waals surface area contributed by atoms with Gasteiger partial charge in [0.05, 0.1) is 23.9 Å². The number of piperidine rings is 1. The molecule has 1 fully saturated rings. The third-order valence-corrected chi connectivity index (χ3v) is 7.51. The molecule has 10 nitrogen and oxygen atoms in total. The molecule has 1 N–H and O–H groups in total. The van der Waals surface area contributed by atoms with Crippen molar-refractivity contribution in [3.8, 4) is 5.75 Å². The number of rotatable bonds is 11. The minimum absolute atomic E-state index is 0.197. The number of hydrogen-bond donors (Lipinski definition) is 1. The molecule has 44 heavy (non-hydrogen) atoms. The van der Waals surface area contributed by atoms with Gasteiger partial charge in [0.15, 0.2) is 0 Å². The molecule has 5 rings (SSSR count). The largest absolute Gasteiger partial charge is 0.494 e. The molecule has 3 aromatic carbocycles. The third kappa shape index (κ3) is 8.17. The van der Waals surface area contributed by atoms with Crippen LogP contribution < -0.4 is 10.1 Å². The van der Waals surface area contributed by atoms with Crippen molar-refractivity contribution >= 4 is 29.9 Å². The van der Waals surface area contributed by atoms with Gasteiger partial charge in [0.25, 0.3) is 17.7 Å². The number of imide groups is 1. The lowest BCUT2D eigenvalue weighted by Crippen LogP contribution is -2.39. The number of benzene rings is 3. The molecule has 2 aliphatic rings. The molecule has 0 unspecified atom stereocenters. The predicted molar refractivity (Wildman–Crippen MR) is 170 cm³/mol. The summed E-state index contributed by atoms with van der Waals surface area (Å²) >= 11 is 0. The number of carbonyl (C=O) groups excluding carboxylic acids is 3. The number of amides is 3. The van der Waals surface area contributed by atoms with E-state index in [2.05, 4.69) is 32.4 Å². The van der Waals surface area contributed by atoms with Crippen molar-refractivity contribution in [1.82, 2.24) is 20.1 Å². The predicted octanol–water partition coefficient (Wildman–Crippen LogP) is 4.18. The van der Waals surface area contributed by atoms with Crippen LogP contribution in [0.3, 0.4) is 0 Å². The van der Waals surface area contributed by atoms with E-state index in [-0.39, 0.29) is 17.1 Å². The Bertz CT molecular complexity index is 1480. The van der Waals surface area contributed by atoms with Crippen molar-refractivity contribution in [3.63, 3.8) is 0 Å². The van der Waals surface area contributed by atoms with Gasteiger partial charge in [-0.25, -0.2) is 5.01 Å². The highest BCUT2D eigenvalue weighted by Gasteiger charge is 2.36. The van der Waals surface area contributed by atoms with Crippen LogP contribution in [-0.4, -0.2) is 84.5 Å². The van der Waals surface area contributed by atoms with E-state index in [1.165, 1.54) is 29.8 Å². The SMILES string of the molecule is CN(/N=C/c1ccccc1)/C(=N\C(=O)CN1C(=O)c2ccccc2C1=O)NCCCOc1cccc(CN2CCCCC2)c1. The molecular weight excluding hydrogens is 556 g/mol. The van der Waals surface area contributed by atoms with Crippen molar-refractivity contribution in [3.05, 3.63) is 101 Å². The first-order valence-corrected chi connectivity index (χ1v) is 15.1. The molecule has 3 aromatic rings. The number of nitrogens with one attached hydrogen (secondary N) is 1. The summed E-state index contributed by atoms with van der Waals surface area (Å²) in [6, 6.07) is 24.3. The zero-order valence-corrected chi connectivity index (χ0v) is 25.0. The van der Waals surface area contributed by atoms with E-state index in [1.54, 1.807) is 37.5 Å². The second-order valence-electron chi connectivity index (χ2n) is 10.9. The van der Waals surface area contributed by atoms with Crippen LogP contribution in [-0.2, 0) is 11.3 Å². The van der Waals surface area contributed by atoms with Gasteiger partial charge in [-0.05, 0) is 67.7 Å². The van der Waals surface area contributed by atoms with Gasteiger partial charge < -0.3 is 10.1 Å². The fourth-order valence-electron chi connectivity index (χ4n) is 5.22. The Balaban J connectivity index is 1.18. The Labute approximate surface area is 258 Å². The van der Waals surface area contributed by atoms with Gasteiger partial charge in [-0.1, -0.05) is 61.0 Å². The Kier molecular flexibility index (Phi) is 10.5. The van der Waals surface area contributed by atoms with Crippen LogP contribution in [0.1, 0.15) is 57.5 Å². The van der Waals surface area contributed by atoms with Crippen molar-refractivity contribution in [2.45, 2.75) is 32.2 Å². The van der Waals surface area contributed by atoms with Crippen LogP contribution in [0.15, 0.2) is 89.0 Å². The first kappa shape index (κ1) is 30.6. The molecule has 3 amide bonds. The molecule has 10 heteroatoms. The highest BCUT2D eigenvalue weighted by Crippen LogP contribution is 2.22. The molecule has 2 heterocycles. The lowest BCUT2D eigenvalue weighted by atomic mass is 10.1. The van der Waals surface area contributed by atoms with Gasteiger partial charge in [0.2, 0.25) is 5.96 Å². The Morgan fingerprint density at radius 1 is 0.932 bits per heavy atom. The number of fused-ring (bicyclic) bond motifs is 1. The van der Waals surface area contributed by atoms with Crippen molar-refractivity contribution < 1.29 is 19.1 Å². The van der Waals surface area contributed by atoms with Crippen LogP contribution in [0, 0.1) is 0 Å². The van der Waals surface area contributed by atoms with Crippen molar-refractivity contribution in [1.29, 1.82) is 0 Å². The van der Waals surface area contributed by atoms with Gasteiger partial charge in [-0.15, -0.1) is 0 Å². The second kappa shape index (κ2) is 15.1. The monoisotopic (exact) mass is 594 g/mol. The second-order valence-corrected chi connectivity index (χ2v) is 10.9. The molecule has 0 spiro atoms. The van der Waals surface area contributed by atoms with Gasteiger partial charge in [0.1, 0.15) is 12.3 Å². The molecular formula is C34H38N6O4. The maximum Gasteiger partial charge on any atom is 0.269 e. The minimum atomic E-state index is -0.648. The smallest absolute Gasteiger partial charge is 0.269 e. The molecule has 228 valence electrons. The number of guanidine groups is 1. The number of carbonyl (C=O) groups is 3. The van der Waals surface area contributed by atoms with Crippen molar-refractivity contribution in [2.24, 2.45) is 10.1 Å². The Morgan fingerprint density at radius 2 is 1.64 bits per heavy atom. The van der Waals surface area contributed by atoms with E-state index >= 15 is 0 Å². The van der Waals surface area contributed by atoms with E-state index in [4.69, 9.17) is 4.74 Å². The zero-order valence-electron chi connectivity index (χ0n) is 25.0. The average Bonchev–Trinajstić information content (AvgIpc) is 3.28. The average molecular weight is 595 g/mol. The lowest BCUT2D eigenvalue weighted by molar-refractivity contribution is -0.118. The van der Waals surface area contributed by atoms with Crippen LogP contribution in [0.2, 0.25) is 0 Å². The van der Waals surface area contributed by atoms with E-state index < -0.39 is 24.3 Å². The fraction of sp³-hybridized carbons (Fsp3) is 0.324. The number of likely N-dealkylation sites (tertiary alicyclic amines) is 1. The highest BCUT2D eigenvalue weighted by atomic mass is 16.5. The van der Waals surface area contributed by atoms with Gasteiger partial charge in [0, 0.05) is 20.1 Å². The number of hydrogen-bond acceptors (Lipinski definition) is 6. The van der Waals surface area contributed by atoms with Crippen LogP contribution in [0.4, 0.5) is 0 Å². The fourth-order valence-corrected chi connectivity index (χ4v) is 5.22. The molecule has 0 aromatic heterocycles. The summed E-state index contributed by atoms with van der Waals surface area (Å²) in [4.78, 5) is 46.1. The molecule has 0 bridgehead atoms. The normalized spacial score (nSPS) is 15.5. The first-order valence-electron chi connectivity index (χ1n) is 15.1. The van der Waals surface area contributed by atoms with Crippen LogP contribution in [0.5, 0.6) is 5.75 Å². The summed E-state index contributed by atoms with van der Waals surface area (Å²) in [5, 5.41) is 9.05. The van der Waals surface area contributed by atoms with E-state index in [1.807, 2.05) is 42.5 Å². The Hall–Kier alpha value is -4.83. The van der Waals surface area contributed by atoms with E-state index in [9.17, 15) is 14.4 Å².